The first-order valence-corrected chi connectivity index (χ1v) is 9.55. The fourth-order valence-electron chi connectivity index (χ4n) is 3.44. The number of hydrogen-bond acceptors (Lipinski definition) is 3. The number of amides is 3. The number of nitrogens with one attached hydrogen (secondary N) is 2. The molecule has 0 radical (unpaired) electrons. The highest BCUT2D eigenvalue weighted by molar-refractivity contribution is 6.07. The van der Waals surface area contributed by atoms with Gasteiger partial charge >= 0.3 is 12.4 Å². The summed E-state index contributed by atoms with van der Waals surface area (Å²) in [6.45, 7) is -3.28. The molecule has 1 heterocycles. The number of benzene rings is 2. The number of hydrogen-bond donors (Lipinski definition) is 2. The monoisotopic (exact) mass is 473 g/mol. The van der Waals surface area contributed by atoms with Crippen molar-refractivity contribution in [1.82, 2.24) is 10.6 Å². The molecule has 0 fully saturated rings. The molecule has 12 heteroatoms. The number of nitrogens with zero attached hydrogens (tertiary/aromatic N) is 1. The SMILES string of the molecule is O=C(CC(=O)N[C@@H]1C(=O)N(CC(F)(F)F)c2ccccc2-c2ccccc21)NCC(F)(F)F. The van der Waals surface area contributed by atoms with Crippen molar-refractivity contribution in [3.8, 4) is 11.1 Å². The minimum Gasteiger partial charge on any atom is -0.347 e. The van der Waals surface area contributed by atoms with Crippen LogP contribution in [0.2, 0.25) is 0 Å². The molecule has 1 aliphatic rings. The summed E-state index contributed by atoms with van der Waals surface area (Å²) in [6, 6.07) is 10.4. The Morgan fingerprint density at radius 2 is 1.45 bits per heavy atom. The van der Waals surface area contributed by atoms with Gasteiger partial charge in [0.2, 0.25) is 11.8 Å². The Bertz CT molecular complexity index is 1070. The summed E-state index contributed by atoms with van der Waals surface area (Å²) in [5.41, 5.74) is 0.874. The molecule has 3 amide bonds. The Hall–Kier alpha value is -3.57. The molecule has 2 N–H and O–H groups in total. The second-order valence-corrected chi connectivity index (χ2v) is 7.21. The summed E-state index contributed by atoms with van der Waals surface area (Å²) in [5, 5.41) is 3.72. The van der Waals surface area contributed by atoms with Gasteiger partial charge in [-0.1, -0.05) is 42.5 Å². The average molecular weight is 473 g/mol. The van der Waals surface area contributed by atoms with E-state index in [0.717, 1.165) is 0 Å². The third-order valence-corrected chi connectivity index (χ3v) is 4.72. The number of halogens is 6. The lowest BCUT2D eigenvalue weighted by atomic mass is 9.95. The predicted octanol–water partition coefficient (Wildman–Crippen LogP) is 3.49. The lowest BCUT2D eigenvalue weighted by molar-refractivity contribution is -0.141. The second-order valence-electron chi connectivity index (χ2n) is 7.21. The van der Waals surface area contributed by atoms with Gasteiger partial charge in [-0.15, -0.1) is 0 Å². The van der Waals surface area contributed by atoms with Gasteiger partial charge in [-0.05, 0) is 17.2 Å². The summed E-state index contributed by atoms with van der Waals surface area (Å²) in [4.78, 5) is 37.7. The van der Waals surface area contributed by atoms with Gasteiger partial charge in [-0.2, -0.15) is 26.3 Å². The maximum Gasteiger partial charge on any atom is 0.406 e. The molecule has 2 aromatic carbocycles. The van der Waals surface area contributed by atoms with Crippen LogP contribution in [0.5, 0.6) is 0 Å². The maximum atomic E-state index is 13.3. The first-order chi connectivity index (χ1) is 15.4. The van der Waals surface area contributed by atoms with Crippen LogP contribution in [0.15, 0.2) is 48.5 Å². The van der Waals surface area contributed by atoms with Crippen LogP contribution < -0.4 is 15.5 Å². The fraction of sp³-hybridized carbons (Fsp3) is 0.286. The topological polar surface area (TPSA) is 78.5 Å². The lowest BCUT2D eigenvalue weighted by Crippen LogP contribution is -2.46. The van der Waals surface area contributed by atoms with Crippen molar-refractivity contribution in [2.24, 2.45) is 0 Å². The van der Waals surface area contributed by atoms with Crippen molar-refractivity contribution in [3.05, 3.63) is 54.1 Å². The summed E-state index contributed by atoms with van der Waals surface area (Å²) >= 11 is 0. The van der Waals surface area contributed by atoms with Gasteiger partial charge in [-0.3, -0.25) is 14.4 Å². The van der Waals surface area contributed by atoms with Gasteiger partial charge in [0.1, 0.15) is 25.6 Å². The van der Waals surface area contributed by atoms with E-state index in [0.29, 0.717) is 16.0 Å². The highest BCUT2D eigenvalue weighted by atomic mass is 19.4. The van der Waals surface area contributed by atoms with Crippen LogP contribution in [0.3, 0.4) is 0 Å². The normalized spacial score (nSPS) is 15.9. The zero-order chi connectivity index (χ0) is 24.4. The number of alkyl halides is 6. The van der Waals surface area contributed by atoms with Crippen molar-refractivity contribution >= 4 is 23.4 Å². The van der Waals surface area contributed by atoms with Crippen LogP contribution in [0.4, 0.5) is 32.0 Å². The summed E-state index contributed by atoms with van der Waals surface area (Å²) in [5.74, 6) is -3.48. The largest absolute Gasteiger partial charge is 0.406 e. The molecular formula is C21H17F6N3O3. The van der Waals surface area contributed by atoms with Gasteiger partial charge in [0.05, 0.1) is 5.69 Å². The Morgan fingerprint density at radius 1 is 0.848 bits per heavy atom. The minimum atomic E-state index is -4.76. The van der Waals surface area contributed by atoms with Gasteiger partial charge < -0.3 is 15.5 Å². The van der Waals surface area contributed by atoms with E-state index >= 15 is 0 Å². The van der Waals surface area contributed by atoms with Crippen molar-refractivity contribution in [2.75, 3.05) is 18.0 Å². The van der Waals surface area contributed by atoms with Gasteiger partial charge in [-0.25, -0.2) is 0 Å². The van der Waals surface area contributed by atoms with Crippen LogP contribution in [0, 0.1) is 0 Å². The zero-order valence-corrected chi connectivity index (χ0v) is 16.8. The van der Waals surface area contributed by atoms with E-state index in [4.69, 9.17) is 0 Å². The third kappa shape index (κ3) is 6.02. The molecule has 6 nitrogen and oxygen atoms in total. The van der Waals surface area contributed by atoms with E-state index in [1.165, 1.54) is 35.6 Å². The van der Waals surface area contributed by atoms with Crippen molar-refractivity contribution < 1.29 is 40.7 Å². The number of carbonyl (C=O) groups is 3. The molecule has 0 saturated heterocycles. The lowest BCUT2D eigenvalue weighted by Gasteiger charge is -2.27. The number of anilines is 1. The summed E-state index contributed by atoms with van der Waals surface area (Å²) < 4.78 is 76.6. The van der Waals surface area contributed by atoms with E-state index in [1.807, 2.05) is 0 Å². The minimum absolute atomic E-state index is 0.0213. The molecule has 0 unspecified atom stereocenters. The number of carbonyl (C=O) groups excluding carboxylic acids is 3. The first kappa shape index (κ1) is 24.1. The fourth-order valence-corrected chi connectivity index (χ4v) is 3.44. The quantitative estimate of drug-likeness (QED) is 0.516. The van der Waals surface area contributed by atoms with Crippen molar-refractivity contribution in [2.45, 2.75) is 24.8 Å². The number of fused-ring (bicyclic) bond motifs is 3. The molecule has 0 saturated carbocycles. The highest BCUT2D eigenvalue weighted by Gasteiger charge is 2.41. The van der Waals surface area contributed by atoms with Crippen LogP contribution in [-0.4, -0.2) is 43.2 Å². The average Bonchev–Trinajstić information content (AvgIpc) is 2.81. The standard InChI is InChI=1S/C21H17F6N3O3/c22-20(23,24)10-28-16(31)9-17(32)29-18-14-7-2-1-5-12(14)13-6-3-4-8-15(13)30(19(18)33)11-21(25,26)27/h1-8,18H,9-11H2,(H,28,31)(H,29,32)/t18-/m0/s1. The van der Waals surface area contributed by atoms with Crippen LogP contribution in [0.1, 0.15) is 18.0 Å². The second kappa shape index (κ2) is 9.12. The molecule has 1 aliphatic heterocycles. The van der Waals surface area contributed by atoms with Gasteiger partial charge in [0.25, 0.3) is 5.91 Å². The van der Waals surface area contributed by atoms with E-state index in [9.17, 15) is 40.7 Å². The summed E-state index contributed by atoms with van der Waals surface area (Å²) in [7, 11) is 0. The number of para-hydroxylation sites is 1. The smallest absolute Gasteiger partial charge is 0.347 e. The van der Waals surface area contributed by atoms with E-state index in [1.54, 1.807) is 18.2 Å². The molecule has 176 valence electrons. The molecule has 0 aliphatic carbocycles. The molecule has 0 spiro atoms. The molecule has 33 heavy (non-hydrogen) atoms. The molecule has 1 atom stereocenters. The Labute approximate surface area is 183 Å². The first-order valence-electron chi connectivity index (χ1n) is 9.55. The molecule has 3 rings (SSSR count). The van der Waals surface area contributed by atoms with E-state index < -0.39 is 55.6 Å². The van der Waals surface area contributed by atoms with E-state index in [-0.39, 0.29) is 11.3 Å². The van der Waals surface area contributed by atoms with Crippen LogP contribution in [-0.2, 0) is 14.4 Å². The Kier molecular flexibility index (Phi) is 6.65. The number of rotatable bonds is 5. The van der Waals surface area contributed by atoms with Gasteiger partial charge in [0, 0.05) is 5.56 Å². The highest BCUT2D eigenvalue weighted by Crippen LogP contribution is 2.41. The molecular weight excluding hydrogens is 456 g/mol. The Balaban J connectivity index is 1.93. The Morgan fingerprint density at radius 3 is 2.09 bits per heavy atom. The molecule has 0 bridgehead atoms. The summed E-state index contributed by atoms with van der Waals surface area (Å²) in [6.07, 6.45) is -10.5. The van der Waals surface area contributed by atoms with Crippen molar-refractivity contribution in [3.63, 3.8) is 0 Å². The van der Waals surface area contributed by atoms with E-state index in [2.05, 4.69) is 5.32 Å². The maximum absolute atomic E-state index is 13.3. The molecule has 0 aromatic heterocycles. The zero-order valence-electron chi connectivity index (χ0n) is 16.8. The van der Waals surface area contributed by atoms with Gasteiger partial charge in [0.15, 0.2) is 0 Å². The van der Waals surface area contributed by atoms with Crippen LogP contribution >= 0.6 is 0 Å². The molecule has 2 aromatic rings. The van der Waals surface area contributed by atoms with Crippen molar-refractivity contribution in [1.29, 1.82) is 0 Å². The van der Waals surface area contributed by atoms with Crippen LogP contribution in [0.25, 0.3) is 11.1 Å². The third-order valence-electron chi connectivity index (χ3n) is 4.72. The predicted molar refractivity (Wildman–Crippen MR) is 105 cm³/mol.